The molecule has 120 valence electrons. The molecule has 0 fully saturated rings. The van der Waals surface area contributed by atoms with E-state index in [0.29, 0.717) is 12.2 Å². The Bertz CT molecular complexity index is 807. The van der Waals surface area contributed by atoms with Gasteiger partial charge in [0.2, 0.25) is 0 Å². The highest BCUT2D eigenvalue weighted by atomic mass is 32.1. The Morgan fingerprint density at radius 1 is 1.43 bits per heavy atom. The third-order valence-electron chi connectivity index (χ3n) is 3.80. The van der Waals surface area contributed by atoms with Gasteiger partial charge >= 0.3 is 0 Å². The molecule has 6 heteroatoms. The van der Waals surface area contributed by atoms with E-state index in [-0.39, 0.29) is 11.9 Å². The number of carbonyl (C=O) groups is 1. The van der Waals surface area contributed by atoms with Crippen LogP contribution in [-0.4, -0.2) is 40.8 Å². The predicted octanol–water partition coefficient (Wildman–Crippen LogP) is 2.74. The van der Waals surface area contributed by atoms with Gasteiger partial charge in [0.05, 0.1) is 6.04 Å². The molecule has 0 aromatic carbocycles. The third kappa shape index (κ3) is 3.43. The number of carbonyl (C=O) groups excluding carboxylic acids is 1. The maximum absolute atomic E-state index is 12.4. The minimum Gasteiger partial charge on any atom is -0.349 e. The summed E-state index contributed by atoms with van der Waals surface area (Å²) in [6.07, 6.45) is 3.68. The van der Waals surface area contributed by atoms with E-state index in [0.717, 1.165) is 11.2 Å². The third-order valence-corrected chi connectivity index (χ3v) is 4.77. The highest BCUT2D eigenvalue weighted by Crippen LogP contribution is 2.22. The van der Waals surface area contributed by atoms with E-state index >= 15 is 0 Å². The normalized spacial score (nSPS) is 12.7. The van der Waals surface area contributed by atoms with Crippen LogP contribution >= 0.6 is 11.3 Å². The lowest BCUT2D eigenvalue weighted by atomic mass is 10.2. The molecule has 0 saturated carbocycles. The van der Waals surface area contributed by atoms with E-state index in [1.165, 1.54) is 4.88 Å². The van der Waals surface area contributed by atoms with E-state index in [1.54, 1.807) is 17.5 Å². The van der Waals surface area contributed by atoms with Crippen LogP contribution in [0.2, 0.25) is 0 Å². The van der Waals surface area contributed by atoms with Crippen molar-refractivity contribution >= 4 is 22.9 Å². The first-order chi connectivity index (χ1) is 11.0. The van der Waals surface area contributed by atoms with Gasteiger partial charge in [0.25, 0.3) is 5.91 Å². The van der Waals surface area contributed by atoms with Crippen molar-refractivity contribution < 1.29 is 4.79 Å². The number of pyridine rings is 1. The van der Waals surface area contributed by atoms with Crippen LogP contribution in [-0.2, 0) is 0 Å². The van der Waals surface area contributed by atoms with Crippen LogP contribution in [0.15, 0.2) is 42.0 Å². The molecular formula is C17H20N4OS. The molecule has 3 rings (SSSR count). The maximum atomic E-state index is 12.4. The minimum absolute atomic E-state index is 0.144. The van der Waals surface area contributed by atoms with Gasteiger partial charge in [-0.25, -0.2) is 4.98 Å². The Morgan fingerprint density at radius 2 is 2.26 bits per heavy atom. The number of thiophene rings is 1. The number of imidazole rings is 1. The van der Waals surface area contributed by atoms with Gasteiger partial charge < -0.3 is 14.6 Å². The Hall–Kier alpha value is -2.18. The molecule has 3 aromatic rings. The molecule has 1 atom stereocenters. The van der Waals surface area contributed by atoms with E-state index in [2.05, 4.69) is 26.6 Å². The average Bonchev–Trinajstić information content (AvgIpc) is 3.15. The second kappa shape index (κ2) is 6.52. The predicted molar refractivity (Wildman–Crippen MR) is 93.0 cm³/mol. The van der Waals surface area contributed by atoms with Crippen LogP contribution in [0.3, 0.4) is 0 Å². The summed E-state index contributed by atoms with van der Waals surface area (Å²) in [5.41, 5.74) is 2.36. The first-order valence-corrected chi connectivity index (χ1v) is 8.36. The topological polar surface area (TPSA) is 49.6 Å². The number of nitrogens with one attached hydrogen (secondary N) is 1. The summed E-state index contributed by atoms with van der Waals surface area (Å²) in [5.74, 6) is -0.144. The number of amides is 1. The summed E-state index contributed by atoms with van der Waals surface area (Å²) in [6, 6.07) is 8.25. The van der Waals surface area contributed by atoms with E-state index in [1.807, 2.05) is 49.8 Å². The molecule has 3 aromatic heterocycles. The minimum atomic E-state index is -0.144. The lowest BCUT2D eigenvalue weighted by Gasteiger charge is -2.23. The molecule has 0 saturated heterocycles. The van der Waals surface area contributed by atoms with Crippen LogP contribution in [0.4, 0.5) is 0 Å². The number of aryl methyl sites for hydroxylation is 1. The fourth-order valence-electron chi connectivity index (χ4n) is 2.49. The van der Waals surface area contributed by atoms with Gasteiger partial charge in [-0.15, -0.1) is 11.3 Å². The van der Waals surface area contributed by atoms with Crippen LogP contribution in [0, 0.1) is 6.92 Å². The van der Waals surface area contributed by atoms with Crippen molar-refractivity contribution in [2.45, 2.75) is 13.0 Å². The molecule has 0 bridgehead atoms. The second-order valence-electron chi connectivity index (χ2n) is 5.80. The average molecular weight is 328 g/mol. The summed E-state index contributed by atoms with van der Waals surface area (Å²) < 4.78 is 1.87. The number of likely N-dealkylation sites (N-methyl/N-ethyl adjacent to an activating group) is 1. The number of nitrogens with zero attached hydrogens (tertiary/aromatic N) is 3. The highest BCUT2D eigenvalue weighted by Gasteiger charge is 2.18. The van der Waals surface area contributed by atoms with Gasteiger partial charge in [0.1, 0.15) is 11.3 Å². The standard InChI is InChI=1S/C17H20N4OS/c1-12-6-7-21-11-13(19-16(21)9-12)17(22)18-10-14(20(2)3)15-5-4-8-23-15/h4-9,11,14H,10H2,1-3H3,(H,18,22)/t14-/m0/s1. The fraction of sp³-hybridized carbons (Fsp3) is 0.294. The summed E-state index contributed by atoms with van der Waals surface area (Å²) >= 11 is 1.70. The largest absolute Gasteiger partial charge is 0.349 e. The molecule has 5 nitrogen and oxygen atoms in total. The van der Waals surface area contributed by atoms with Crippen LogP contribution < -0.4 is 5.32 Å². The van der Waals surface area contributed by atoms with Crippen LogP contribution in [0.5, 0.6) is 0 Å². The number of hydrogen-bond acceptors (Lipinski definition) is 4. The Kier molecular flexibility index (Phi) is 4.45. The van der Waals surface area contributed by atoms with Crippen molar-refractivity contribution in [3.05, 3.63) is 58.2 Å². The van der Waals surface area contributed by atoms with Crippen molar-refractivity contribution in [3.63, 3.8) is 0 Å². The summed E-state index contributed by atoms with van der Waals surface area (Å²) in [4.78, 5) is 20.1. The Labute approximate surface area is 139 Å². The van der Waals surface area contributed by atoms with Gasteiger partial charge in [0, 0.05) is 23.8 Å². The van der Waals surface area contributed by atoms with Gasteiger partial charge in [0.15, 0.2) is 0 Å². The zero-order chi connectivity index (χ0) is 16.4. The molecule has 0 unspecified atom stereocenters. The molecular weight excluding hydrogens is 308 g/mol. The summed E-state index contributed by atoms with van der Waals surface area (Å²) in [5, 5.41) is 5.05. The van der Waals surface area contributed by atoms with Crippen molar-refractivity contribution in [1.82, 2.24) is 19.6 Å². The number of aromatic nitrogens is 2. The molecule has 23 heavy (non-hydrogen) atoms. The van der Waals surface area contributed by atoms with Crippen LogP contribution in [0.25, 0.3) is 5.65 Å². The van der Waals surface area contributed by atoms with Crippen molar-refractivity contribution in [3.8, 4) is 0 Å². The smallest absolute Gasteiger partial charge is 0.271 e. The van der Waals surface area contributed by atoms with Crippen molar-refractivity contribution in [1.29, 1.82) is 0 Å². The number of hydrogen-bond donors (Lipinski definition) is 1. The van der Waals surface area contributed by atoms with Gasteiger partial charge in [-0.3, -0.25) is 4.79 Å². The summed E-state index contributed by atoms with van der Waals surface area (Å²) in [6.45, 7) is 2.57. The lowest BCUT2D eigenvalue weighted by molar-refractivity contribution is 0.0938. The molecule has 3 heterocycles. The molecule has 0 aliphatic carbocycles. The van der Waals surface area contributed by atoms with E-state index in [9.17, 15) is 4.79 Å². The van der Waals surface area contributed by atoms with E-state index < -0.39 is 0 Å². The highest BCUT2D eigenvalue weighted by molar-refractivity contribution is 7.10. The molecule has 0 radical (unpaired) electrons. The van der Waals surface area contributed by atoms with Crippen LogP contribution in [0.1, 0.15) is 27.0 Å². The van der Waals surface area contributed by atoms with Crippen molar-refractivity contribution in [2.24, 2.45) is 0 Å². The monoisotopic (exact) mass is 328 g/mol. The van der Waals surface area contributed by atoms with Gasteiger partial charge in [-0.1, -0.05) is 6.07 Å². The van der Waals surface area contributed by atoms with Gasteiger partial charge in [-0.05, 0) is 50.2 Å². The molecule has 1 N–H and O–H groups in total. The zero-order valence-electron chi connectivity index (χ0n) is 13.5. The lowest BCUT2D eigenvalue weighted by Crippen LogP contribution is -2.34. The second-order valence-corrected chi connectivity index (χ2v) is 6.78. The SMILES string of the molecule is Cc1ccn2cc(C(=O)NC[C@@H](c3cccs3)N(C)C)nc2c1. The maximum Gasteiger partial charge on any atom is 0.271 e. The number of rotatable bonds is 5. The number of fused-ring (bicyclic) bond motifs is 1. The zero-order valence-corrected chi connectivity index (χ0v) is 14.3. The molecule has 0 aliphatic rings. The fourth-order valence-corrected chi connectivity index (χ4v) is 3.41. The quantitative estimate of drug-likeness (QED) is 0.783. The molecule has 0 aliphatic heterocycles. The Balaban J connectivity index is 1.72. The van der Waals surface area contributed by atoms with E-state index in [4.69, 9.17) is 0 Å². The molecule has 1 amide bonds. The Morgan fingerprint density at radius 3 is 2.96 bits per heavy atom. The first kappa shape index (κ1) is 15.7. The molecule has 0 spiro atoms. The van der Waals surface area contributed by atoms with Crippen molar-refractivity contribution in [2.75, 3.05) is 20.6 Å². The summed E-state index contributed by atoms with van der Waals surface area (Å²) in [7, 11) is 4.04. The van der Waals surface area contributed by atoms with Gasteiger partial charge in [-0.2, -0.15) is 0 Å². The first-order valence-electron chi connectivity index (χ1n) is 7.48.